The highest BCUT2D eigenvalue weighted by atomic mass is 16.5. The Hall–Kier alpha value is -3.19. The number of aryl methyl sites for hydroxylation is 1. The fraction of sp³-hybridized carbons (Fsp3) is 0.423. The number of carbonyl (C=O) groups excluding carboxylic acids is 2. The largest absolute Gasteiger partial charge is 0.507 e. The minimum Gasteiger partial charge on any atom is -0.507 e. The molecule has 7 heteroatoms. The van der Waals surface area contributed by atoms with Crippen LogP contribution in [0.1, 0.15) is 43.0 Å². The van der Waals surface area contributed by atoms with Crippen LogP contribution in [0, 0.1) is 12.8 Å². The molecule has 0 saturated carbocycles. The number of benzene rings is 1. The summed E-state index contributed by atoms with van der Waals surface area (Å²) in [6.07, 6.45) is 3.96. The lowest BCUT2D eigenvalue weighted by Crippen LogP contribution is -2.32. The van der Waals surface area contributed by atoms with Crippen molar-refractivity contribution >= 4 is 17.4 Å². The molecule has 0 bridgehead atoms. The van der Waals surface area contributed by atoms with E-state index in [1.807, 2.05) is 32.0 Å². The molecule has 1 aromatic heterocycles. The molecule has 1 saturated heterocycles. The summed E-state index contributed by atoms with van der Waals surface area (Å²) in [4.78, 5) is 33.7. The van der Waals surface area contributed by atoms with Crippen molar-refractivity contribution in [3.8, 4) is 5.75 Å². The van der Waals surface area contributed by atoms with Crippen molar-refractivity contribution in [1.82, 2.24) is 14.8 Å². The van der Waals surface area contributed by atoms with Gasteiger partial charge in [-0.3, -0.25) is 14.6 Å². The predicted octanol–water partition coefficient (Wildman–Crippen LogP) is 3.80. The number of amides is 1. The highest BCUT2D eigenvalue weighted by Crippen LogP contribution is 2.40. The van der Waals surface area contributed by atoms with Crippen molar-refractivity contribution in [3.05, 3.63) is 65.0 Å². The molecule has 1 amide bonds. The number of ketones is 1. The van der Waals surface area contributed by atoms with E-state index in [9.17, 15) is 14.7 Å². The topological polar surface area (TPSA) is 83.0 Å². The quantitative estimate of drug-likeness (QED) is 0.355. The zero-order valence-electron chi connectivity index (χ0n) is 20.0. The van der Waals surface area contributed by atoms with Gasteiger partial charge in [-0.2, -0.15) is 0 Å². The first-order valence-corrected chi connectivity index (χ1v) is 11.3. The molecular formula is C26H33N3O4. The maximum Gasteiger partial charge on any atom is 0.295 e. The van der Waals surface area contributed by atoms with Gasteiger partial charge < -0.3 is 19.6 Å². The monoisotopic (exact) mass is 451 g/mol. The summed E-state index contributed by atoms with van der Waals surface area (Å²) in [6, 6.07) is 8.25. The van der Waals surface area contributed by atoms with Crippen LogP contribution >= 0.6 is 0 Å². The van der Waals surface area contributed by atoms with Gasteiger partial charge in [0.2, 0.25) is 0 Å². The van der Waals surface area contributed by atoms with E-state index in [-0.39, 0.29) is 11.3 Å². The van der Waals surface area contributed by atoms with Crippen LogP contribution in [0.15, 0.2) is 48.3 Å². The van der Waals surface area contributed by atoms with Crippen molar-refractivity contribution in [1.29, 1.82) is 0 Å². The van der Waals surface area contributed by atoms with Crippen LogP contribution in [0.4, 0.5) is 0 Å². The average Bonchev–Trinajstić information content (AvgIpc) is 3.02. The molecule has 1 atom stereocenters. The molecule has 7 nitrogen and oxygen atoms in total. The molecule has 0 radical (unpaired) electrons. The number of hydrogen-bond donors (Lipinski definition) is 1. The van der Waals surface area contributed by atoms with Crippen LogP contribution in [0.2, 0.25) is 0 Å². The van der Waals surface area contributed by atoms with E-state index in [0.29, 0.717) is 36.8 Å². The van der Waals surface area contributed by atoms with Gasteiger partial charge >= 0.3 is 0 Å². The molecule has 1 aromatic carbocycles. The minimum absolute atomic E-state index is 0.106. The van der Waals surface area contributed by atoms with Crippen LogP contribution in [0.5, 0.6) is 5.75 Å². The van der Waals surface area contributed by atoms with E-state index in [4.69, 9.17) is 4.74 Å². The van der Waals surface area contributed by atoms with Gasteiger partial charge in [0.25, 0.3) is 11.7 Å². The summed E-state index contributed by atoms with van der Waals surface area (Å²) in [7, 11) is 3.93. The lowest BCUT2D eigenvalue weighted by atomic mass is 9.94. The van der Waals surface area contributed by atoms with Gasteiger partial charge in [-0.15, -0.1) is 0 Å². The van der Waals surface area contributed by atoms with Crippen LogP contribution in [-0.2, 0) is 9.59 Å². The molecule has 3 rings (SSSR count). The Morgan fingerprint density at radius 3 is 2.48 bits per heavy atom. The van der Waals surface area contributed by atoms with Gasteiger partial charge in [-0.25, -0.2) is 0 Å². The fourth-order valence-corrected chi connectivity index (χ4v) is 3.96. The number of carbonyl (C=O) groups is 2. The van der Waals surface area contributed by atoms with Crippen molar-refractivity contribution in [2.45, 2.75) is 33.2 Å². The highest BCUT2D eigenvalue weighted by molar-refractivity contribution is 6.46. The van der Waals surface area contributed by atoms with Crippen LogP contribution in [0.25, 0.3) is 5.76 Å². The van der Waals surface area contributed by atoms with Crippen molar-refractivity contribution in [2.24, 2.45) is 5.92 Å². The minimum atomic E-state index is -0.668. The molecule has 1 fully saturated rings. The van der Waals surface area contributed by atoms with Crippen LogP contribution in [0.3, 0.4) is 0 Å². The van der Waals surface area contributed by atoms with E-state index in [1.54, 1.807) is 41.6 Å². The summed E-state index contributed by atoms with van der Waals surface area (Å²) in [5.74, 6) is -0.335. The normalized spacial score (nSPS) is 17.9. The first-order chi connectivity index (χ1) is 15.7. The maximum atomic E-state index is 13.1. The van der Waals surface area contributed by atoms with Crippen molar-refractivity contribution in [2.75, 3.05) is 33.8 Å². The zero-order valence-corrected chi connectivity index (χ0v) is 20.0. The molecule has 0 spiro atoms. The molecular weight excluding hydrogens is 418 g/mol. The van der Waals surface area contributed by atoms with Gasteiger partial charge in [0.1, 0.15) is 11.5 Å². The number of aromatic nitrogens is 1. The van der Waals surface area contributed by atoms with E-state index >= 15 is 0 Å². The number of rotatable bonds is 9. The standard InChI is InChI=1S/C26H33N3O4/c1-17(2)16-33-20-7-8-21(18(3)15-20)24(30)22-23(19-9-11-27-12-10-19)29(26(32)25(22)31)14-6-13-28(4)5/h7-12,15,17,23,30H,6,13-14,16H2,1-5H3/b24-22+/t23-/m0/s1. The number of aliphatic hydroxyl groups excluding tert-OH is 1. The van der Waals surface area contributed by atoms with E-state index in [1.165, 1.54) is 0 Å². The Morgan fingerprint density at radius 1 is 1.18 bits per heavy atom. The first kappa shape index (κ1) is 24.5. The molecule has 0 aliphatic carbocycles. The number of nitrogens with zero attached hydrogens (tertiary/aromatic N) is 3. The summed E-state index contributed by atoms with van der Waals surface area (Å²) < 4.78 is 5.78. The lowest BCUT2D eigenvalue weighted by molar-refractivity contribution is -0.139. The van der Waals surface area contributed by atoms with Crippen molar-refractivity contribution < 1.29 is 19.4 Å². The first-order valence-electron chi connectivity index (χ1n) is 11.3. The second-order valence-electron chi connectivity index (χ2n) is 9.11. The summed E-state index contributed by atoms with van der Waals surface area (Å²) in [5, 5.41) is 11.3. The molecule has 0 unspecified atom stereocenters. The van der Waals surface area contributed by atoms with E-state index < -0.39 is 17.7 Å². The SMILES string of the molecule is Cc1cc(OCC(C)C)ccc1/C(O)=C1\C(=O)C(=O)N(CCCN(C)C)[C@H]1c1ccncc1. The van der Waals surface area contributed by atoms with E-state index in [0.717, 1.165) is 17.7 Å². The smallest absolute Gasteiger partial charge is 0.295 e. The highest BCUT2D eigenvalue weighted by Gasteiger charge is 2.45. The number of likely N-dealkylation sites (tertiary alicyclic amines) is 1. The predicted molar refractivity (Wildman–Crippen MR) is 128 cm³/mol. The Morgan fingerprint density at radius 2 is 1.88 bits per heavy atom. The lowest BCUT2D eigenvalue weighted by Gasteiger charge is -2.26. The Kier molecular flexibility index (Phi) is 7.87. The van der Waals surface area contributed by atoms with Gasteiger partial charge in [0, 0.05) is 24.5 Å². The third-order valence-corrected chi connectivity index (χ3v) is 5.60. The van der Waals surface area contributed by atoms with Gasteiger partial charge in [0.15, 0.2) is 0 Å². The second kappa shape index (κ2) is 10.6. The number of Topliss-reactive ketones (excluding diaryl/α,β-unsaturated/α-hetero) is 1. The Bertz CT molecular complexity index is 1030. The Balaban J connectivity index is 2.02. The third-order valence-electron chi connectivity index (χ3n) is 5.60. The molecule has 176 valence electrons. The summed E-state index contributed by atoms with van der Waals surface area (Å²) in [5.41, 5.74) is 2.12. The fourth-order valence-electron chi connectivity index (χ4n) is 3.96. The molecule has 1 N–H and O–H groups in total. The van der Waals surface area contributed by atoms with Crippen LogP contribution < -0.4 is 4.74 Å². The number of pyridine rings is 1. The van der Waals surface area contributed by atoms with Gasteiger partial charge in [-0.05, 0) is 81.4 Å². The summed E-state index contributed by atoms with van der Waals surface area (Å²) in [6.45, 7) is 7.78. The maximum absolute atomic E-state index is 13.1. The second-order valence-corrected chi connectivity index (χ2v) is 9.11. The number of hydrogen-bond acceptors (Lipinski definition) is 6. The van der Waals surface area contributed by atoms with E-state index in [2.05, 4.69) is 18.8 Å². The number of aliphatic hydroxyl groups is 1. The average molecular weight is 452 g/mol. The Labute approximate surface area is 195 Å². The number of ether oxygens (including phenoxy) is 1. The zero-order chi connectivity index (χ0) is 24.1. The van der Waals surface area contributed by atoms with Crippen molar-refractivity contribution in [3.63, 3.8) is 0 Å². The van der Waals surface area contributed by atoms with Gasteiger partial charge in [0.05, 0.1) is 18.2 Å². The molecule has 2 heterocycles. The molecule has 33 heavy (non-hydrogen) atoms. The molecule has 2 aromatic rings. The summed E-state index contributed by atoms with van der Waals surface area (Å²) >= 11 is 0. The van der Waals surface area contributed by atoms with Crippen LogP contribution in [-0.4, -0.2) is 65.4 Å². The molecule has 1 aliphatic heterocycles. The third kappa shape index (κ3) is 5.60. The van der Waals surface area contributed by atoms with Gasteiger partial charge in [-0.1, -0.05) is 13.8 Å². The molecule has 1 aliphatic rings.